The van der Waals surface area contributed by atoms with E-state index in [1.165, 1.54) is 51.3 Å². The number of carbonyl (C=O) groups excluding carboxylic acids is 1. The second-order valence-electron chi connectivity index (χ2n) is 8.35. The molecule has 150 valence electrons. The standard InChI is InChI=1S/C23H27N5O/c29-23(27-20-8-4-7-19-18(20)11-12-24-19)21-13-22(26-15-25-21)28(14-16-9-10-16)17-5-2-1-3-6-17/h4,7-8,11-13,15-17,24H,1-3,5-6,9-10,14H2,(H,27,29). The van der Waals surface area contributed by atoms with Gasteiger partial charge in [0, 0.05) is 35.8 Å². The summed E-state index contributed by atoms with van der Waals surface area (Å²) < 4.78 is 0. The Kier molecular flexibility index (Phi) is 4.92. The van der Waals surface area contributed by atoms with Crippen LogP contribution < -0.4 is 10.2 Å². The van der Waals surface area contributed by atoms with E-state index in [9.17, 15) is 4.79 Å². The summed E-state index contributed by atoms with van der Waals surface area (Å²) >= 11 is 0. The highest BCUT2D eigenvalue weighted by Crippen LogP contribution is 2.34. The fraction of sp³-hybridized carbons (Fsp3) is 0.435. The highest BCUT2D eigenvalue weighted by Gasteiger charge is 2.30. The van der Waals surface area contributed by atoms with E-state index in [0.29, 0.717) is 11.7 Å². The number of amides is 1. The number of H-pyrrole nitrogens is 1. The molecule has 0 saturated heterocycles. The van der Waals surface area contributed by atoms with Gasteiger partial charge in [-0.3, -0.25) is 4.79 Å². The van der Waals surface area contributed by atoms with Crippen LogP contribution in [0.1, 0.15) is 55.4 Å². The number of carbonyl (C=O) groups is 1. The molecule has 29 heavy (non-hydrogen) atoms. The third kappa shape index (κ3) is 3.97. The second kappa shape index (κ2) is 7.85. The Hall–Kier alpha value is -2.89. The van der Waals surface area contributed by atoms with Crippen molar-refractivity contribution in [3.05, 3.63) is 48.5 Å². The van der Waals surface area contributed by atoms with Gasteiger partial charge in [0.05, 0.1) is 5.69 Å². The maximum Gasteiger partial charge on any atom is 0.274 e. The second-order valence-corrected chi connectivity index (χ2v) is 8.35. The van der Waals surface area contributed by atoms with E-state index in [2.05, 4.69) is 25.2 Å². The van der Waals surface area contributed by atoms with Crippen molar-refractivity contribution in [2.24, 2.45) is 5.92 Å². The average Bonchev–Trinajstić information content (AvgIpc) is 3.46. The Balaban J connectivity index is 1.38. The first-order valence-corrected chi connectivity index (χ1v) is 10.7. The molecule has 2 heterocycles. The number of fused-ring (bicyclic) bond motifs is 1. The van der Waals surface area contributed by atoms with Gasteiger partial charge < -0.3 is 15.2 Å². The Labute approximate surface area is 170 Å². The van der Waals surface area contributed by atoms with E-state index in [1.807, 2.05) is 36.5 Å². The maximum atomic E-state index is 12.9. The molecule has 2 N–H and O–H groups in total. The summed E-state index contributed by atoms with van der Waals surface area (Å²) in [6, 6.07) is 10.2. The predicted octanol–water partition coefficient (Wildman–Crippen LogP) is 4.76. The van der Waals surface area contributed by atoms with E-state index in [0.717, 1.165) is 34.9 Å². The van der Waals surface area contributed by atoms with Crippen LogP contribution in [-0.4, -0.2) is 33.4 Å². The summed E-state index contributed by atoms with van der Waals surface area (Å²) in [6.07, 6.45) is 12.4. The van der Waals surface area contributed by atoms with Gasteiger partial charge in [-0.2, -0.15) is 0 Å². The van der Waals surface area contributed by atoms with Gasteiger partial charge in [0.1, 0.15) is 17.8 Å². The lowest BCUT2D eigenvalue weighted by Crippen LogP contribution is -2.39. The molecule has 0 spiro atoms. The third-order valence-electron chi connectivity index (χ3n) is 6.19. The molecule has 6 heteroatoms. The van der Waals surface area contributed by atoms with Crippen molar-refractivity contribution < 1.29 is 4.79 Å². The molecular weight excluding hydrogens is 362 g/mol. The zero-order valence-corrected chi connectivity index (χ0v) is 16.6. The summed E-state index contributed by atoms with van der Waals surface area (Å²) in [5.74, 6) is 1.47. The van der Waals surface area contributed by atoms with Gasteiger partial charge >= 0.3 is 0 Å². The number of nitrogens with zero attached hydrogens (tertiary/aromatic N) is 3. The lowest BCUT2D eigenvalue weighted by atomic mass is 9.94. The van der Waals surface area contributed by atoms with Crippen LogP contribution in [0.5, 0.6) is 0 Å². The van der Waals surface area contributed by atoms with Gasteiger partial charge in [-0.05, 0) is 49.8 Å². The molecule has 0 radical (unpaired) electrons. The normalized spacial score (nSPS) is 17.4. The van der Waals surface area contributed by atoms with E-state index in [1.54, 1.807) is 0 Å². The number of hydrogen-bond donors (Lipinski definition) is 2. The van der Waals surface area contributed by atoms with Crippen LogP contribution in [-0.2, 0) is 0 Å². The van der Waals surface area contributed by atoms with E-state index in [-0.39, 0.29) is 5.91 Å². The molecule has 1 aromatic carbocycles. The molecule has 3 aromatic rings. The van der Waals surface area contributed by atoms with Crippen LogP contribution in [0.25, 0.3) is 10.9 Å². The van der Waals surface area contributed by atoms with E-state index < -0.39 is 0 Å². The number of aromatic amines is 1. The molecular formula is C23H27N5O. The van der Waals surface area contributed by atoms with Crippen LogP contribution in [0.3, 0.4) is 0 Å². The molecule has 2 aliphatic carbocycles. The molecule has 2 aliphatic rings. The molecule has 5 rings (SSSR count). The SMILES string of the molecule is O=C(Nc1cccc2[nH]ccc12)c1cc(N(CC2CC2)C2CCCCC2)ncn1. The van der Waals surface area contributed by atoms with Gasteiger partial charge in [0.15, 0.2) is 0 Å². The molecule has 2 fully saturated rings. The zero-order chi connectivity index (χ0) is 19.6. The summed E-state index contributed by atoms with van der Waals surface area (Å²) in [7, 11) is 0. The van der Waals surface area contributed by atoms with Crippen molar-refractivity contribution in [2.75, 3.05) is 16.8 Å². The number of rotatable bonds is 6. The number of benzene rings is 1. The summed E-state index contributed by atoms with van der Waals surface area (Å²) in [5, 5.41) is 4.01. The van der Waals surface area contributed by atoms with Crippen LogP contribution in [0.4, 0.5) is 11.5 Å². The van der Waals surface area contributed by atoms with Crippen molar-refractivity contribution in [2.45, 2.75) is 51.0 Å². The zero-order valence-electron chi connectivity index (χ0n) is 16.6. The van der Waals surface area contributed by atoms with Crippen molar-refractivity contribution in [1.29, 1.82) is 0 Å². The Morgan fingerprint density at radius 2 is 1.97 bits per heavy atom. The largest absolute Gasteiger partial charge is 0.361 e. The first-order valence-electron chi connectivity index (χ1n) is 10.7. The summed E-state index contributed by atoms with van der Waals surface area (Å²) in [5.41, 5.74) is 2.20. The fourth-order valence-electron chi connectivity index (χ4n) is 4.41. The molecule has 0 aliphatic heterocycles. The molecule has 0 unspecified atom stereocenters. The molecule has 6 nitrogen and oxygen atoms in total. The van der Waals surface area contributed by atoms with Crippen LogP contribution >= 0.6 is 0 Å². The maximum absolute atomic E-state index is 12.9. The van der Waals surface area contributed by atoms with Gasteiger partial charge in [-0.15, -0.1) is 0 Å². The van der Waals surface area contributed by atoms with Crippen molar-refractivity contribution in [3.8, 4) is 0 Å². The number of anilines is 2. The van der Waals surface area contributed by atoms with E-state index >= 15 is 0 Å². The van der Waals surface area contributed by atoms with Crippen LogP contribution in [0.2, 0.25) is 0 Å². The van der Waals surface area contributed by atoms with Gasteiger partial charge in [-0.25, -0.2) is 9.97 Å². The number of hydrogen-bond acceptors (Lipinski definition) is 4. The number of aromatic nitrogens is 3. The average molecular weight is 390 g/mol. The monoisotopic (exact) mass is 389 g/mol. The quantitative estimate of drug-likeness (QED) is 0.637. The highest BCUT2D eigenvalue weighted by molar-refractivity contribution is 6.08. The molecule has 1 amide bonds. The third-order valence-corrected chi connectivity index (χ3v) is 6.19. The summed E-state index contributed by atoms with van der Waals surface area (Å²) in [6.45, 7) is 1.05. The minimum atomic E-state index is -0.197. The molecule has 0 atom stereocenters. The Bertz CT molecular complexity index is 1000. The van der Waals surface area contributed by atoms with Crippen molar-refractivity contribution >= 4 is 28.3 Å². The van der Waals surface area contributed by atoms with Gasteiger partial charge in [0.2, 0.25) is 0 Å². The van der Waals surface area contributed by atoms with Gasteiger partial charge in [0.25, 0.3) is 5.91 Å². The molecule has 2 aromatic heterocycles. The minimum absolute atomic E-state index is 0.197. The Morgan fingerprint density at radius 1 is 1.10 bits per heavy atom. The highest BCUT2D eigenvalue weighted by atomic mass is 16.1. The lowest BCUT2D eigenvalue weighted by Gasteiger charge is -2.35. The van der Waals surface area contributed by atoms with Crippen molar-refractivity contribution in [1.82, 2.24) is 15.0 Å². The minimum Gasteiger partial charge on any atom is -0.361 e. The topological polar surface area (TPSA) is 73.9 Å². The molecule has 2 saturated carbocycles. The van der Waals surface area contributed by atoms with Gasteiger partial charge in [-0.1, -0.05) is 25.3 Å². The first-order chi connectivity index (χ1) is 14.3. The first kappa shape index (κ1) is 18.2. The smallest absolute Gasteiger partial charge is 0.274 e. The molecule has 0 bridgehead atoms. The van der Waals surface area contributed by atoms with Crippen LogP contribution in [0.15, 0.2) is 42.9 Å². The van der Waals surface area contributed by atoms with E-state index in [4.69, 9.17) is 0 Å². The predicted molar refractivity (Wildman–Crippen MR) is 115 cm³/mol. The fourth-order valence-corrected chi connectivity index (χ4v) is 4.41. The van der Waals surface area contributed by atoms with Crippen molar-refractivity contribution in [3.63, 3.8) is 0 Å². The Morgan fingerprint density at radius 3 is 2.79 bits per heavy atom. The number of nitrogens with one attached hydrogen (secondary N) is 2. The summed E-state index contributed by atoms with van der Waals surface area (Å²) in [4.78, 5) is 27.4. The van der Waals surface area contributed by atoms with Crippen LogP contribution in [0, 0.1) is 5.92 Å². The lowest BCUT2D eigenvalue weighted by molar-refractivity contribution is 0.102.